The molecule has 0 spiro atoms. The lowest BCUT2D eigenvalue weighted by atomic mass is 9.94. The summed E-state index contributed by atoms with van der Waals surface area (Å²) in [4.78, 5) is 0. The predicted molar refractivity (Wildman–Crippen MR) is 58.9 cm³/mol. The van der Waals surface area contributed by atoms with E-state index in [1.165, 1.54) is 0 Å². The zero-order valence-electron chi connectivity index (χ0n) is 9.32. The second-order valence-electron chi connectivity index (χ2n) is 4.25. The van der Waals surface area contributed by atoms with E-state index in [1.807, 2.05) is 0 Å². The van der Waals surface area contributed by atoms with Crippen molar-refractivity contribution in [3.05, 3.63) is 11.9 Å². The van der Waals surface area contributed by atoms with Crippen molar-refractivity contribution in [2.45, 2.75) is 26.2 Å². The number of piperidine rings is 1. The molecule has 0 aliphatic carbocycles. The lowest BCUT2D eigenvalue weighted by Gasteiger charge is -2.27. The summed E-state index contributed by atoms with van der Waals surface area (Å²) in [5.74, 6) is 6.30. The standard InChI is InChI=1S/C10H21FN4/c1-9(12)8-15(13)7-4-10-2-5-14(11)6-3-10/h8,10H,2-7,12-13H2,1H3/b9-8-. The second-order valence-corrected chi connectivity index (χ2v) is 4.25. The molecule has 0 radical (unpaired) electrons. The molecule has 1 rings (SSSR count). The van der Waals surface area contributed by atoms with Gasteiger partial charge in [-0.2, -0.15) is 0 Å². The molecule has 0 atom stereocenters. The molecular weight excluding hydrogens is 195 g/mol. The Morgan fingerprint density at radius 2 is 2.13 bits per heavy atom. The fourth-order valence-corrected chi connectivity index (χ4v) is 1.85. The Morgan fingerprint density at radius 3 is 2.67 bits per heavy atom. The van der Waals surface area contributed by atoms with Gasteiger partial charge in [0.15, 0.2) is 0 Å². The van der Waals surface area contributed by atoms with Crippen molar-refractivity contribution >= 4 is 0 Å². The molecule has 0 bridgehead atoms. The summed E-state index contributed by atoms with van der Waals surface area (Å²) in [5.41, 5.74) is 6.21. The molecule has 1 aliphatic heterocycles. The first-order valence-corrected chi connectivity index (χ1v) is 5.44. The van der Waals surface area contributed by atoms with E-state index in [0.29, 0.717) is 24.7 Å². The van der Waals surface area contributed by atoms with Crippen LogP contribution in [-0.4, -0.2) is 29.8 Å². The third kappa shape index (κ3) is 4.99. The number of hydrogen-bond acceptors (Lipinski definition) is 4. The minimum atomic E-state index is 0.557. The second kappa shape index (κ2) is 5.92. The molecule has 0 aromatic heterocycles. The van der Waals surface area contributed by atoms with E-state index in [9.17, 15) is 4.48 Å². The third-order valence-corrected chi connectivity index (χ3v) is 2.72. The maximum absolute atomic E-state index is 12.7. The molecule has 0 saturated carbocycles. The van der Waals surface area contributed by atoms with E-state index < -0.39 is 0 Å². The zero-order chi connectivity index (χ0) is 11.3. The smallest absolute Gasteiger partial charge is 0.0340 e. The minimum absolute atomic E-state index is 0.557. The highest BCUT2D eigenvalue weighted by molar-refractivity contribution is 4.89. The summed E-state index contributed by atoms with van der Waals surface area (Å²) in [6.45, 7) is 3.70. The van der Waals surface area contributed by atoms with Crippen LogP contribution in [0.25, 0.3) is 0 Å². The quantitative estimate of drug-likeness (QED) is 0.417. The molecule has 88 valence electrons. The van der Waals surface area contributed by atoms with Crippen molar-refractivity contribution in [2.24, 2.45) is 17.5 Å². The van der Waals surface area contributed by atoms with Crippen LogP contribution in [0.4, 0.5) is 4.48 Å². The Morgan fingerprint density at radius 1 is 1.53 bits per heavy atom. The number of allylic oxidation sites excluding steroid dienone is 1. The summed E-state index contributed by atoms with van der Waals surface area (Å²) < 4.78 is 12.7. The largest absolute Gasteiger partial charge is 0.401 e. The van der Waals surface area contributed by atoms with Crippen molar-refractivity contribution in [3.63, 3.8) is 0 Å². The SMILES string of the molecule is C/C(N)=C/N(N)CCC1CCN(F)CC1. The van der Waals surface area contributed by atoms with Crippen molar-refractivity contribution in [2.75, 3.05) is 19.6 Å². The van der Waals surface area contributed by atoms with Gasteiger partial charge < -0.3 is 10.7 Å². The average molecular weight is 216 g/mol. The number of hydrogen-bond donors (Lipinski definition) is 2. The van der Waals surface area contributed by atoms with Gasteiger partial charge in [0.25, 0.3) is 0 Å². The van der Waals surface area contributed by atoms with Gasteiger partial charge in [0.2, 0.25) is 0 Å². The van der Waals surface area contributed by atoms with Crippen LogP contribution >= 0.6 is 0 Å². The molecule has 1 fully saturated rings. The average Bonchev–Trinajstić information content (AvgIpc) is 2.16. The molecule has 5 heteroatoms. The van der Waals surface area contributed by atoms with Crippen LogP contribution in [0.2, 0.25) is 0 Å². The van der Waals surface area contributed by atoms with Crippen molar-refractivity contribution < 1.29 is 4.48 Å². The maximum Gasteiger partial charge on any atom is 0.0340 e. The van der Waals surface area contributed by atoms with Crippen LogP contribution < -0.4 is 11.6 Å². The van der Waals surface area contributed by atoms with E-state index in [0.717, 1.165) is 30.9 Å². The van der Waals surface area contributed by atoms with Crippen LogP contribution in [0.15, 0.2) is 11.9 Å². The number of nitrogens with zero attached hydrogens (tertiary/aromatic N) is 2. The highest BCUT2D eigenvalue weighted by Gasteiger charge is 2.18. The van der Waals surface area contributed by atoms with Gasteiger partial charge in [-0.05, 0) is 32.1 Å². The number of nitrogens with two attached hydrogens (primary N) is 2. The summed E-state index contributed by atoms with van der Waals surface area (Å²) in [6, 6.07) is 0. The van der Waals surface area contributed by atoms with Gasteiger partial charge in [-0.25, -0.2) is 5.84 Å². The summed E-state index contributed by atoms with van der Waals surface area (Å²) in [7, 11) is 0. The fraction of sp³-hybridized carbons (Fsp3) is 0.800. The molecule has 0 unspecified atom stereocenters. The van der Waals surface area contributed by atoms with Crippen molar-refractivity contribution in [1.29, 1.82) is 0 Å². The van der Waals surface area contributed by atoms with Crippen LogP contribution in [0.5, 0.6) is 0 Å². The Hall–Kier alpha value is -0.810. The number of halogens is 1. The van der Waals surface area contributed by atoms with Crippen LogP contribution in [0.3, 0.4) is 0 Å². The summed E-state index contributed by atoms with van der Waals surface area (Å²) in [6.07, 6.45) is 4.59. The van der Waals surface area contributed by atoms with Gasteiger partial charge in [-0.3, -0.25) is 0 Å². The summed E-state index contributed by atoms with van der Waals surface area (Å²) >= 11 is 0. The van der Waals surface area contributed by atoms with Crippen molar-refractivity contribution in [3.8, 4) is 0 Å². The highest BCUT2D eigenvalue weighted by Crippen LogP contribution is 2.20. The highest BCUT2D eigenvalue weighted by atomic mass is 19.2. The van der Waals surface area contributed by atoms with Crippen LogP contribution in [-0.2, 0) is 0 Å². The topological polar surface area (TPSA) is 58.5 Å². The lowest BCUT2D eigenvalue weighted by molar-refractivity contribution is -0.0104. The van der Waals surface area contributed by atoms with E-state index in [2.05, 4.69) is 0 Å². The molecule has 1 saturated heterocycles. The first kappa shape index (κ1) is 12.3. The molecule has 4 nitrogen and oxygen atoms in total. The summed E-state index contributed by atoms with van der Waals surface area (Å²) in [5, 5.41) is 2.50. The van der Waals surface area contributed by atoms with Gasteiger partial charge in [0.05, 0.1) is 0 Å². The van der Waals surface area contributed by atoms with E-state index >= 15 is 0 Å². The van der Waals surface area contributed by atoms with Gasteiger partial charge in [-0.1, -0.05) is 0 Å². The first-order valence-electron chi connectivity index (χ1n) is 5.44. The monoisotopic (exact) mass is 216 g/mol. The Labute approximate surface area is 90.6 Å². The van der Waals surface area contributed by atoms with Gasteiger partial charge in [0.1, 0.15) is 0 Å². The van der Waals surface area contributed by atoms with Gasteiger partial charge in [-0.15, -0.1) is 9.60 Å². The third-order valence-electron chi connectivity index (χ3n) is 2.72. The predicted octanol–water partition coefficient (Wildman–Crippen LogP) is 0.969. The number of hydrazine groups is 1. The molecule has 0 aromatic rings. The zero-order valence-corrected chi connectivity index (χ0v) is 9.32. The molecule has 15 heavy (non-hydrogen) atoms. The van der Waals surface area contributed by atoms with Crippen LogP contribution in [0, 0.1) is 5.92 Å². The van der Waals surface area contributed by atoms with E-state index in [1.54, 1.807) is 18.1 Å². The Kier molecular flexibility index (Phi) is 4.84. The Balaban J connectivity index is 2.17. The van der Waals surface area contributed by atoms with E-state index in [4.69, 9.17) is 11.6 Å². The van der Waals surface area contributed by atoms with Gasteiger partial charge in [0, 0.05) is 31.5 Å². The molecule has 4 N–H and O–H groups in total. The minimum Gasteiger partial charge on any atom is -0.401 e. The van der Waals surface area contributed by atoms with Crippen molar-refractivity contribution in [1.82, 2.24) is 10.1 Å². The molecule has 0 amide bonds. The lowest BCUT2D eigenvalue weighted by Crippen LogP contribution is -2.32. The fourth-order valence-electron chi connectivity index (χ4n) is 1.85. The normalized spacial score (nSPS) is 20.6. The molecule has 1 aliphatic rings. The van der Waals surface area contributed by atoms with Crippen LogP contribution in [0.1, 0.15) is 26.2 Å². The Bertz CT molecular complexity index is 207. The number of rotatable bonds is 4. The molecular formula is C10H21FN4. The van der Waals surface area contributed by atoms with Gasteiger partial charge >= 0.3 is 0 Å². The molecule has 1 heterocycles. The molecule has 0 aromatic carbocycles. The first-order chi connectivity index (χ1) is 7.08. The van der Waals surface area contributed by atoms with E-state index in [-0.39, 0.29) is 0 Å². The maximum atomic E-state index is 12.7.